The Morgan fingerprint density at radius 2 is 1.83 bits per heavy atom. The molecule has 2 heterocycles. The lowest BCUT2D eigenvalue weighted by Gasteiger charge is -2.26. The number of anilines is 3. The molecule has 3 aromatic carbocycles. The molecule has 5 rings (SSSR count). The Balaban J connectivity index is 1.45. The molecule has 14 heteroatoms. The zero-order chi connectivity index (χ0) is 28.8. The summed E-state index contributed by atoms with van der Waals surface area (Å²) in [7, 11) is -2.74. The Kier molecular flexibility index (Phi) is 8.42. The molecule has 212 valence electrons. The number of rotatable bonds is 10. The molecule has 0 saturated carbocycles. The number of hydrazone groups is 1. The van der Waals surface area contributed by atoms with E-state index in [0.29, 0.717) is 19.0 Å². The number of hydrogen-bond acceptors (Lipinski definition) is 11. The minimum atomic E-state index is -4.24. The molecular formula is C27H26N6O6S2. The van der Waals surface area contributed by atoms with Crippen LogP contribution in [0.4, 0.5) is 22.2 Å². The minimum absolute atomic E-state index is 0.0621. The summed E-state index contributed by atoms with van der Waals surface area (Å²) in [6.45, 7) is 2.68. The van der Waals surface area contributed by atoms with Gasteiger partial charge < -0.3 is 14.4 Å². The van der Waals surface area contributed by atoms with Crippen LogP contribution in [-0.2, 0) is 14.8 Å². The van der Waals surface area contributed by atoms with Gasteiger partial charge in [-0.1, -0.05) is 41.7 Å². The van der Waals surface area contributed by atoms with Crippen molar-refractivity contribution in [2.45, 2.75) is 4.90 Å². The Bertz CT molecular complexity index is 1650. The van der Waals surface area contributed by atoms with E-state index in [1.165, 1.54) is 42.7 Å². The van der Waals surface area contributed by atoms with Crippen molar-refractivity contribution in [1.29, 1.82) is 0 Å². The van der Waals surface area contributed by atoms with Gasteiger partial charge in [0.1, 0.15) is 10.6 Å². The molecule has 0 bridgehead atoms. The predicted octanol–water partition coefficient (Wildman–Crippen LogP) is 4.81. The van der Waals surface area contributed by atoms with E-state index in [2.05, 4.69) is 20.1 Å². The number of nitrogens with zero attached hydrogens (tertiary/aromatic N) is 4. The maximum absolute atomic E-state index is 13.3. The molecule has 12 nitrogen and oxygen atoms in total. The minimum Gasteiger partial charge on any atom is -0.497 e. The van der Waals surface area contributed by atoms with Gasteiger partial charge >= 0.3 is 0 Å². The second-order valence-corrected chi connectivity index (χ2v) is 11.5. The number of sulfonamides is 1. The summed E-state index contributed by atoms with van der Waals surface area (Å²) in [6, 6.07) is 19.4. The molecule has 2 N–H and O–H groups in total. The van der Waals surface area contributed by atoms with Crippen LogP contribution in [0.25, 0.3) is 11.3 Å². The maximum Gasteiger partial charge on any atom is 0.270 e. The first-order valence-corrected chi connectivity index (χ1v) is 14.8. The fourth-order valence-electron chi connectivity index (χ4n) is 4.07. The van der Waals surface area contributed by atoms with Crippen LogP contribution in [0, 0.1) is 10.1 Å². The number of hydrogen-bond donors (Lipinski definition) is 2. The van der Waals surface area contributed by atoms with Crippen LogP contribution in [0.15, 0.2) is 82.8 Å². The number of ether oxygens (including phenoxy) is 2. The SMILES string of the molecule is COc1ccc(NS(=O)(=O)c2cc([N+](=O)[O-])ccc2N/N=C/c2sc(N3CCOCC3)nc2-c2ccccc2)cc1. The molecule has 1 aromatic heterocycles. The van der Waals surface area contributed by atoms with E-state index in [1.807, 2.05) is 30.3 Å². The maximum atomic E-state index is 13.3. The highest BCUT2D eigenvalue weighted by atomic mass is 32.2. The number of methoxy groups -OCH3 is 1. The van der Waals surface area contributed by atoms with Crippen molar-refractivity contribution in [2.24, 2.45) is 5.10 Å². The number of morpholine rings is 1. The van der Waals surface area contributed by atoms with Crippen LogP contribution in [0.2, 0.25) is 0 Å². The third kappa shape index (κ3) is 6.62. The summed E-state index contributed by atoms with van der Waals surface area (Å²) in [5, 5.41) is 16.6. The lowest BCUT2D eigenvalue weighted by molar-refractivity contribution is -0.385. The monoisotopic (exact) mass is 594 g/mol. The second-order valence-electron chi connectivity index (χ2n) is 8.82. The molecule has 0 unspecified atom stereocenters. The number of nitrogens with one attached hydrogen (secondary N) is 2. The van der Waals surface area contributed by atoms with E-state index in [0.717, 1.165) is 40.4 Å². The van der Waals surface area contributed by atoms with Gasteiger partial charge in [0.25, 0.3) is 15.7 Å². The fraction of sp³-hybridized carbons (Fsp3) is 0.185. The lowest BCUT2D eigenvalue weighted by atomic mass is 10.1. The van der Waals surface area contributed by atoms with Gasteiger partial charge in [0.2, 0.25) is 0 Å². The molecule has 4 aromatic rings. The fourth-order valence-corrected chi connectivity index (χ4v) is 6.32. The van der Waals surface area contributed by atoms with Gasteiger partial charge in [-0.05, 0) is 30.3 Å². The van der Waals surface area contributed by atoms with E-state index in [1.54, 1.807) is 18.3 Å². The lowest BCUT2D eigenvalue weighted by Crippen LogP contribution is -2.36. The summed E-state index contributed by atoms with van der Waals surface area (Å²) in [5.74, 6) is 0.551. The van der Waals surface area contributed by atoms with E-state index in [9.17, 15) is 18.5 Å². The molecule has 1 saturated heterocycles. The van der Waals surface area contributed by atoms with E-state index in [4.69, 9.17) is 14.5 Å². The molecule has 1 fully saturated rings. The van der Waals surface area contributed by atoms with E-state index in [-0.39, 0.29) is 22.0 Å². The van der Waals surface area contributed by atoms with Gasteiger partial charge in [0.15, 0.2) is 5.13 Å². The van der Waals surface area contributed by atoms with Gasteiger partial charge in [-0.15, -0.1) is 0 Å². The van der Waals surface area contributed by atoms with Crippen molar-refractivity contribution in [1.82, 2.24) is 4.98 Å². The van der Waals surface area contributed by atoms with Crippen molar-refractivity contribution in [3.8, 4) is 17.0 Å². The van der Waals surface area contributed by atoms with Crippen LogP contribution < -0.4 is 19.8 Å². The van der Waals surface area contributed by atoms with Crippen molar-refractivity contribution in [3.63, 3.8) is 0 Å². The van der Waals surface area contributed by atoms with E-state index < -0.39 is 14.9 Å². The number of benzene rings is 3. The Labute approximate surface area is 240 Å². The average molecular weight is 595 g/mol. The summed E-state index contributed by atoms with van der Waals surface area (Å²) >= 11 is 1.46. The predicted molar refractivity (Wildman–Crippen MR) is 159 cm³/mol. The summed E-state index contributed by atoms with van der Waals surface area (Å²) in [6.07, 6.45) is 1.57. The normalized spacial score (nSPS) is 13.7. The van der Waals surface area contributed by atoms with Gasteiger partial charge in [-0.3, -0.25) is 20.3 Å². The van der Waals surface area contributed by atoms with Crippen molar-refractivity contribution < 1.29 is 22.8 Å². The topological polar surface area (TPSA) is 148 Å². The first kappa shape index (κ1) is 28.0. The molecule has 1 aliphatic heterocycles. The van der Waals surface area contributed by atoms with Crippen molar-refractivity contribution in [3.05, 3.63) is 87.8 Å². The Morgan fingerprint density at radius 3 is 2.51 bits per heavy atom. The molecule has 0 atom stereocenters. The molecule has 1 aliphatic rings. The molecular weight excluding hydrogens is 568 g/mol. The number of thiazole rings is 1. The number of nitro groups is 1. The summed E-state index contributed by atoms with van der Waals surface area (Å²) in [5.41, 5.74) is 4.35. The van der Waals surface area contributed by atoms with Crippen LogP contribution in [0.3, 0.4) is 0 Å². The second kappa shape index (κ2) is 12.3. The third-order valence-corrected chi connectivity index (χ3v) is 8.62. The number of non-ortho nitro benzene ring substituents is 1. The highest BCUT2D eigenvalue weighted by Gasteiger charge is 2.23. The smallest absolute Gasteiger partial charge is 0.270 e. The van der Waals surface area contributed by atoms with Crippen molar-refractivity contribution in [2.75, 3.05) is 48.5 Å². The Hall–Kier alpha value is -4.53. The largest absolute Gasteiger partial charge is 0.497 e. The van der Waals surface area contributed by atoms with Crippen LogP contribution >= 0.6 is 11.3 Å². The van der Waals surface area contributed by atoms with Gasteiger partial charge in [-0.25, -0.2) is 13.4 Å². The van der Waals surface area contributed by atoms with Gasteiger partial charge in [0.05, 0.1) is 47.7 Å². The standard InChI is InChI=1S/C27H26N6O6S2/c1-38-22-10-7-20(8-11-22)31-41(36,37)25-17-21(33(34)35)9-12-23(25)30-28-18-24-26(19-5-3-2-4-6-19)29-27(40-24)32-13-15-39-16-14-32/h2-12,17-18,30-31H,13-16H2,1H3/b28-18+. The third-order valence-electron chi connectivity index (χ3n) is 6.15. The summed E-state index contributed by atoms with van der Waals surface area (Å²) in [4.78, 5) is 18.2. The molecule has 0 aliphatic carbocycles. The van der Waals surface area contributed by atoms with Crippen LogP contribution in [-0.4, -0.2) is 58.0 Å². The highest BCUT2D eigenvalue weighted by Crippen LogP contribution is 2.33. The van der Waals surface area contributed by atoms with Gasteiger partial charge in [-0.2, -0.15) is 5.10 Å². The van der Waals surface area contributed by atoms with Crippen molar-refractivity contribution >= 4 is 49.8 Å². The Morgan fingerprint density at radius 1 is 1.10 bits per heavy atom. The first-order valence-electron chi connectivity index (χ1n) is 12.5. The summed E-state index contributed by atoms with van der Waals surface area (Å²) < 4.78 is 39.7. The highest BCUT2D eigenvalue weighted by molar-refractivity contribution is 7.92. The zero-order valence-electron chi connectivity index (χ0n) is 21.9. The molecule has 0 spiro atoms. The van der Waals surface area contributed by atoms with E-state index >= 15 is 0 Å². The molecule has 41 heavy (non-hydrogen) atoms. The number of aromatic nitrogens is 1. The van der Waals surface area contributed by atoms with Gasteiger partial charge in [0, 0.05) is 36.5 Å². The zero-order valence-corrected chi connectivity index (χ0v) is 23.5. The average Bonchev–Trinajstić information content (AvgIpc) is 3.42. The number of nitro benzene ring substituents is 1. The molecule has 0 radical (unpaired) electrons. The van der Waals surface area contributed by atoms with Crippen LogP contribution in [0.5, 0.6) is 5.75 Å². The molecule has 0 amide bonds. The quantitative estimate of drug-likeness (QED) is 0.150. The first-order chi connectivity index (χ1) is 19.8. The van der Waals surface area contributed by atoms with Crippen LogP contribution in [0.1, 0.15) is 4.88 Å².